The van der Waals surface area contributed by atoms with Crippen LogP contribution in [-0.2, 0) is 22.1 Å². The van der Waals surface area contributed by atoms with Crippen LogP contribution in [0.1, 0.15) is 24.4 Å². The molecule has 1 aromatic carbocycles. The van der Waals surface area contributed by atoms with Crippen molar-refractivity contribution in [2.75, 3.05) is 6.26 Å². The highest BCUT2D eigenvalue weighted by Gasteiger charge is 2.33. The topological polar surface area (TPSA) is 76.9 Å². The minimum absolute atomic E-state index is 0.0424. The monoisotopic (exact) mass is 318 g/mol. The highest BCUT2D eigenvalue weighted by molar-refractivity contribution is 7.84. The molecule has 1 aliphatic rings. The molecule has 0 aliphatic heterocycles. The Labute approximate surface area is 131 Å². The summed E-state index contributed by atoms with van der Waals surface area (Å²) in [5, 5.41) is 10.9. The van der Waals surface area contributed by atoms with Crippen molar-refractivity contribution >= 4 is 16.7 Å². The van der Waals surface area contributed by atoms with Crippen LogP contribution in [0.5, 0.6) is 0 Å². The first-order valence-electron chi connectivity index (χ1n) is 7.20. The fraction of sp³-hybridized carbons (Fsp3) is 0.400. The van der Waals surface area contributed by atoms with Gasteiger partial charge < -0.3 is 5.32 Å². The van der Waals surface area contributed by atoms with Gasteiger partial charge in [0.05, 0.1) is 16.8 Å². The average molecular weight is 318 g/mol. The Morgan fingerprint density at radius 3 is 2.77 bits per heavy atom. The van der Waals surface area contributed by atoms with Crippen LogP contribution in [0.25, 0.3) is 0 Å². The van der Waals surface area contributed by atoms with Gasteiger partial charge in [0.1, 0.15) is 12.9 Å². The molecule has 0 spiro atoms. The standard InChI is InChI=1S/C15H18N4O2S/c1-22(21)15-18-16-10-19(15)9-13(20)17-14(12-7-8-12)11-5-3-2-4-6-11/h2-6,10,12,14H,7-9H2,1H3,(H,17,20). The summed E-state index contributed by atoms with van der Waals surface area (Å²) in [4.78, 5) is 12.3. The van der Waals surface area contributed by atoms with Crippen molar-refractivity contribution in [2.45, 2.75) is 30.6 Å². The van der Waals surface area contributed by atoms with Crippen molar-refractivity contribution in [1.29, 1.82) is 0 Å². The van der Waals surface area contributed by atoms with Crippen LogP contribution < -0.4 is 5.32 Å². The van der Waals surface area contributed by atoms with E-state index in [2.05, 4.69) is 15.5 Å². The van der Waals surface area contributed by atoms with E-state index in [1.165, 1.54) is 17.2 Å². The maximum atomic E-state index is 12.3. The normalized spacial score (nSPS) is 17.0. The van der Waals surface area contributed by atoms with Crippen molar-refractivity contribution in [3.05, 3.63) is 42.2 Å². The van der Waals surface area contributed by atoms with Crippen LogP contribution >= 0.6 is 0 Å². The minimum Gasteiger partial charge on any atom is -0.347 e. The van der Waals surface area contributed by atoms with E-state index in [1.807, 2.05) is 30.3 Å². The fourth-order valence-electron chi connectivity index (χ4n) is 2.51. The van der Waals surface area contributed by atoms with Gasteiger partial charge in [-0.05, 0) is 24.3 Å². The molecule has 7 heteroatoms. The lowest BCUT2D eigenvalue weighted by atomic mass is 10.0. The van der Waals surface area contributed by atoms with Gasteiger partial charge in [-0.2, -0.15) is 0 Å². The van der Waals surface area contributed by atoms with Gasteiger partial charge in [-0.1, -0.05) is 30.3 Å². The Bertz CT molecular complexity index is 682. The number of hydrogen-bond donors (Lipinski definition) is 1. The molecule has 22 heavy (non-hydrogen) atoms. The molecule has 1 heterocycles. The quantitative estimate of drug-likeness (QED) is 0.870. The van der Waals surface area contributed by atoms with E-state index in [4.69, 9.17) is 0 Å². The van der Waals surface area contributed by atoms with Crippen molar-refractivity contribution in [3.8, 4) is 0 Å². The third-order valence-corrected chi connectivity index (χ3v) is 4.55. The highest BCUT2D eigenvalue weighted by Crippen LogP contribution is 2.40. The molecule has 1 N–H and O–H groups in total. The summed E-state index contributed by atoms with van der Waals surface area (Å²) in [6.45, 7) is 0.0813. The van der Waals surface area contributed by atoms with E-state index >= 15 is 0 Å². The van der Waals surface area contributed by atoms with Crippen LogP contribution in [-0.4, -0.2) is 31.1 Å². The Morgan fingerprint density at radius 2 is 2.14 bits per heavy atom. The number of carbonyl (C=O) groups is 1. The van der Waals surface area contributed by atoms with E-state index in [0.717, 1.165) is 18.4 Å². The zero-order chi connectivity index (χ0) is 15.5. The van der Waals surface area contributed by atoms with Crippen molar-refractivity contribution in [1.82, 2.24) is 20.1 Å². The lowest BCUT2D eigenvalue weighted by Gasteiger charge is -2.19. The Balaban J connectivity index is 1.69. The maximum absolute atomic E-state index is 12.3. The second-order valence-electron chi connectivity index (χ2n) is 5.49. The SMILES string of the molecule is CS(=O)c1nncn1CC(=O)NC(c1ccccc1)C1CC1. The zero-order valence-corrected chi connectivity index (χ0v) is 13.1. The summed E-state index contributed by atoms with van der Waals surface area (Å²) in [6.07, 6.45) is 5.23. The molecule has 1 saturated carbocycles. The number of nitrogens with one attached hydrogen (secondary N) is 1. The molecule has 1 aliphatic carbocycles. The van der Waals surface area contributed by atoms with Gasteiger partial charge in [0.2, 0.25) is 11.1 Å². The van der Waals surface area contributed by atoms with Gasteiger partial charge in [-0.15, -0.1) is 10.2 Å². The second-order valence-corrected chi connectivity index (χ2v) is 6.76. The molecule has 6 nitrogen and oxygen atoms in total. The molecule has 2 unspecified atom stereocenters. The molecule has 0 radical (unpaired) electrons. The first kappa shape index (κ1) is 14.9. The van der Waals surface area contributed by atoms with E-state index in [-0.39, 0.29) is 18.5 Å². The van der Waals surface area contributed by atoms with Crippen LogP contribution in [0.4, 0.5) is 0 Å². The molecular formula is C15H18N4O2S. The van der Waals surface area contributed by atoms with E-state index in [0.29, 0.717) is 11.1 Å². The number of benzene rings is 1. The van der Waals surface area contributed by atoms with E-state index in [9.17, 15) is 9.00 Å². The second kappa shape index (κ2) is 6.39. The largest absolute Gasteiger partial charge is 0.347 e. The third kappa shape index (κ3) is 3.41. The van der Waals surface area contributed by atoms with Gasteiger partial charge in [0.25, 0.3) is 0 Å². The predicted molar refractivity (Wildman–Crippen MR) is 82.4 cm³/mol. The minimum atomic E-state index is -1.26. The van der Waals surface area contributed by atoms with Gasteiger partial charge in [-0.3, -0.25) is 13.6 Å². The Morgan fingerprint density at radius 1 is 1.41 bits per heavy atom. The molecule has 0 bridgehead atoms. The van der Waals surface area contributed by atoms with Gasteiger partial charge in [0, 0.05) is 6.26 Å². The first-order chi connectivity index (χ1) is 10.6. The number of amides is 1. The summed E-state index contributed by atoms with van der Waals surface area (Å²) in [5.74, 6) is 0.388. The molecule has 116 valence electrons. The van der Waals surface area contributed by atoms with Crippen molar-refractivity contribution < 1.29 is 9.00 Å². The van der Waals surface area contributed by atoms with Crippen molar-refractivity contribution in [3.63, 3.8) is 0 Å². The number of nitrogens with zero attached hydrogens (tertiary/aromatic N) is 3. The highest BCUT2D eigenvalue weighted by atomic mass is 32.2. The van der Waals surface area contributed by atoms with Crippen LogP contribution in [0, 0.1) is 5.92 Å². The van der Waals surface area contributed by atoms with E-state index in [1.54, 1.807) is 0 Å². The molecule has 1 aromatic heterocycles. The van der Waals surface area contributed by atoms with Crippen LogP contribution in [0.15, 0.2) is 41.8 Å². The molecule has 1 amide bonds. The maximum Gasteiger partial charge on any atom is 0.240 e. The third-order valence-electron chi connectivity index (χ3n) is 3.72. The smallest absolute Gasteiger partial charge is 0.240 e. The molecule has 2 atom stereocenters. The predicted octanol–water partition coefficient (Wildman–Crippen LogP) is 1.28. The summed E-state index contributed by atoms with van der Waals surface area (Å²) < 4.78 is 13.1. The number of carbonyl (C=O) groups excluding carboxylic acids is 1. The van der Waals surface area contributed by atoms with E-state index < -0.39 is 10.8 Å². The Kier molecular flexibility index (Phi) is 4.33. The van der Waals surface area contributed by atoms with Crippen LogP contribution in [0.3, 0.4) is 0 Å². The lowest BCUT2D eigenvalue weighted by molar-refractivity contribution is -0.122. The van der Waals surface area contributed by atoms with Gasteiger partial charge in [-0.25, -0.2) is 0 Å². The molecule has 1 fully saturated rings. The summed E-state index contributed by atoms with van der Waals surface area (Å²) in [7, 11) is -1.26. The molecular weight excluding hydrogens is 300 g/mol. The number of aromatic nitrogens is 3. The first-order valence-corrected chi connectivity index (χ1v) is 8.76. The summed E-state index contributed by atoms with van der Waals surface area (Å²) in [5.41, 5.74) is 1.13. The van der Waals surface area contributed by atoms with Gasteiger partial charge >= 0.3 is 0 Å². The molecule has 2 aromatic rings. The average Bonchev–Trinajstić information content (AvgIpc) is 3.24. The number of hydrogen-bond acceptors (Lipinski definition) is 4. The van der Waals surface area contributed by atoms with Crippen LogP contribution in [0.2, 0.25) is 0 Å². The summed E-state index contributed by atoms with van der Waals surface area (Å²) in [6, 6.07) is 10.0. The zero-order valence-electron chi connectivity index (χ0n) is 12.3. The molecule has 0 saturated heterocycles. The van der Waals surface area contributed by atoms with Gasteiger partial charge in [0.15, 0.2) is 0 Å². The van der Waals surface area contributed by atoms with Crippen molar-refractivity contribution in [2.24, 2.45) is 5.92 Å². The fourth-order valence-corrected chi connectivity index (χ4v) is 3.12. The summed E-state index contributed by atoms with van der Waals surface area (Å²) >= 11 is 0. The lowest BCUT2D eigenvalue weighted by Crippen LogP contribution is -2.33. The number of rotatable bonds is 6. The molecule has 3 rings (SSSR count). The Hall–Kier alpha value is -2.02.